The Kier molecular flexibility index (Phi) is 3.68. The Morgan fingerprint density at radius 2 is 2.29 bits per heavy atom. The minimum absolute atomic E-state index is 0.232. The highest BCUT2D eigenvalue weighted by Gasteiger charge is 2.17. The van der Waals surface area contributed by atoms with E-state index in [2.05, 4.69) is 10.6 Å². The Balaban J connectivity index is 1.96. The van der Waals surface area contributed by atoms with Crippen LogP contribution in [0.5, 0.6) is 0 Å². The quantitative estimate of drug-likeness (QED) is 0.839. The molecule has 17 heavy (non-hydrogen) atoms. The van der Waals surface area contributed by atoms with Gasteiger partial charge in [0.25, 0.3) is 5.91 Å². The van der Waals surface area contributed by atoms with E-state index >= 15 is 0 Å². The fraction of sp³-hybridized carbons (Fsp3) is 0.417. The number of hydrogen-bond donors (Lipinski definition) is 2. The predicted molar refractivity (Wildman–Crippen MR) is 59.7 cm³/mol. The molecule has 2 rings (SSSR count). The van der Waals surface area contributed by atoms with E-state index in [1.54, 1.807) is 0 Å². The molecule has 0 saturated carbocycles. The number of benzene rings is 1. The van der Waals surface area contributed by atoms with E-state index in [0.717, 1.165) is 37.6 Å². The minimum Gasteiger partial charge on any atom is -0.350 e. The molecule has 2 N–H and O–H groups in total. The first-order chi connectivity index (χ1) is 8.16. The lowest BCUT2D eigenvalue weighted by molar-refractivity contribution is 0.0946. The van der Waals surface area contributed by atoms with Crippen LogP contribution >= 0.6 is 0 Å². The third-order valence-corrected chi connectivity index (χ3v) is 2.84. The summed E-state index contributed by atoms with van der Waals surface area (Å²) in [6.45, 7) is 1.38. The molecule has 1 amide bonds. The van der Waals surface area contributed by atoms with Gasteiger partial charge in [0.1, 0.15) is 11.6 Å². The zero-order valence-corrected chi connectivity index (χ0v) is 9.30. The fourth-order valence-corrected chi connectivity index (χ4v) is 1.91. The Labute approximate surface area is 98.2 Å². The smallest absolute Gasteiger partial charge is 0.254 e. The lowest BCUT2D eigenvalue weighted by atomic mass is 10.1. The second kappa shape index (κ2) is 5.23. The zero-order chi connectivity index (χ0) is 12.3. The van der Waals surface area contributed by atoms with Crippen LogP contribution in [0.4, 0.5) is 8.78 Å². The van der Waals surface area contributed by atoms with Crippen LogP contribution in [0, 0.1) is 11.6 Å². The van der Waals surface area contributed by atoms with E-state index in [0.29, 0.717) is 6.54 Å². The second-order valence-electron chi connectivity index (χ2n) is 4.13. The van der Waals surface area contributed by atoms with Gasteiger partial charge in [-0.3, -0.25) is 4.79 Å². The number of carbonyl (C=O) groups is 1. The zero-order valence-electron chi connectivity index (χ0n) is 9.30. The fourth-order valence-electron chi connectivity index (χ4n) is 1.91. The molecule has 1 aromatic rings. The lowest BCUT2D eigenvalue weighted by Crippen LogP contribution is -2.37. The number of amides is 1. The predicted octanol–water partition coefficient (Wildman–Crippen LogP) is 1.45. The van der Waals surface area contributed by atoms with Gasteiger partial charge in [0, 0.05) is 12.6 Å². The van der Waals surface area contributed by atoms with Gasteiger partial charge in [-0.15, -0.1) is 0 Å². The molecule has 0 bridgehead atoms. The highest BCUT2D eigenvalue weighted by atomic mass is 19.1. The molecule has 1 saturated heterocycles. The van der Waals surface area contributed by atoms with Crippen LogP contribution in [0.1, 0.15) is 23.2 Å². The largest absolute Gasteiger partial charge is 0.350 e. The maximum Gasteiger partial charge on any atom is 0.254 e. The van der Waals surface area contributed by atoms with Crippen LogP contribution in [0.3, 0.4) is 0 Å². The molecule has 92 valence electrons. The van der Waals surface area contributed by atoms with Crippen LogP contribution in [-0.2, 0) is 0 Å². The van der Waals surface area contributed by atoms with Gasteiger partial charge in [-0.2, -0.15) is 0 Å². The number of hydrogen-bond acceptors (Lipinski definition) is 2. The minimum atomic E-state index is -0.705. The van der Waals surface area contributed by atoms with E-state index in [4.69, 9.17) is 0 Å². The molecule has 3 nitrogen and oxygen atoms in total. The molecule has 1 aromatic carbocycles. The molecule has 5 heteroatoms. The Hall–Kier alpha value is -1.49. The van der Waals surface area contributed by atoms with Gasteiger partial charge in [0.05, 0.1) is 5.56 Å². The molecule has 0 spiro atoms. The first-order valence-corrected chi connectivity index (χ1v) is 5.63. The molecule has 0 aromatic heterocycles. The summed E-state index contributed by atoms with van der Waals surface area (Å²) in [6.07, 6.45) is 2.07. The molecule has 1 atom stereocenters. The maximum absolute atomic E-state index is 13.3. The van der Waals surface area contributed by atoms with E-state index < -0.39 is 17.5 Å². The highest BCUT2D eigenvalue weighted by Crippen LogP contribution is 2.10. The SMILES string of the molecule is O=C(NCC1CCCN1)c1cc(F)ccc1F. The summed E-state index contributed by atoms with van der Waals surface area (Å²) in [5.74, 6) is -1.89. The summed E-state index contributed by atoms with van der Waals surface area (Å²) in [5.41, 5.74) is -0.247. The maximum atomic E-state index is 13.3. The van der Waals surface area contributed by atoms with Crippen molar-refractivity contribution in [2.24, 2.45) is 0 Å². The van der Waals surface area contributed by atoms with Crippen molar-refractivity contribution in [3.8, 4) is 0 Å². The normalized spacial score (nSPS) is 19.3. The third kappa shape index (κ3) is 3.00. The van der Waals surface area contributed by atoms with Gasteiger partial charge in [-0.25, -0.2) is 8.78 Å². The number of rotatable bonds is 3. The van der Waals surface area contributed by atoms with Crippen molar-refractivity contribution in [1.29, 1.82) is 0 Å². The van der Waals surface area contributed by atoms with Crippen LogP contribution in [-0.4, -0.2) is 25.0 Å². The van der Waals surface area contributed by atoms with Gasteiger partial charge >= 0.3 is 0 Å². The summed E-state index contributed by atoms with van der Waals surface area (Å²) in [7, 11) is 0. The molecule has 1 heterocycles. The Morgan fingerprint density at radius 3 is 3.00 bits per heavy atom. The molecular formula is C12H14F2N2O. The Morgan fingerprint density at radius 1 is 1.47 bits per heavy atom. The van der Waals surface area contributed by atoms with Crippen molar-refractivity contribution in [3.63, 3.8) is 0 Å². The van der Waals surface area contributed by atoms with Gasteiger partial charge in [-0.1, -0.05) is 0 Å². The number of halogens is 2. The first-order valence-electron chi connectivity index (χ1n) is 5.63. The molecular weight excluding hydrogens is 226 g/mol. The van der Waals surface area contributed by atoms with E-state index in [-0.39, 0.29) is 11.6 Å². The van der Waals surface area contributed by atoms with E-state index in [1.807, 2.05) is 0 Å². The third-order valence-electron chi connectivity index (χ3n) is 2.84. The highest BCUT2D eigenvalue weighted by molar-refractivity contribution is 5.94. The average Bonchev–Trinajstić information content (AvgIpc) is 2.82. The average molecular weight is 240 g/mol. The van der Waals surface area contributed by atoms with Gasteiger partial charge in [0.15, 0.2) is 0 Å². The van der Waals surface area contributed by atoms with Crippen molar-refractivity contribution in [2.75, 3.05) is 13.1 Å². The van der Waals surface area contributed by atoms with Crippen LogP contribution in [0.15, 0.2) is 18.2 Å². The summed E-state index contributed by atoms with van der Waals surface area (Å²) in [4.78, 5) is 11.6. The molecule has 1 aliphatic heterocycles. The van der Waals surface area contributed by atoms with Crippen molar-refractivity contribution in [3.05, 3.63) is 35.4 Å². The molecule has 1 unspecified atom stereocenters. The first kappa shape index (κ1) is 12.0. The van der Waals surface area contributed by atoms with Crippen LogP contribution in [0.2, 0.25) is 0 Å². The van der Waals surface area contributed by atoms with Crippen molar-refractivity contribution in [2.45, 2.75) is 18.9 Å². The summed E-state index contributed by atoms with van der Waals surface area (Å²) >= 11 is 0. The van der Waals surface area contributed by atoms with Gasteiger partial charge < -0.3 is 10.6 Å². The van der Waals surface area contributed by atoms with Gasteiger partial charge in [-0.05, 0) is 37.6 Å². The van der Waals surface area contributed by atoms with Gasteiger partial charge in [0.2, 0.25) is 0 Å². The summed E-state index contributed by atoms with van der Waals surface area (Å²) < 4.78 is 26.2. The topological polar surface area (TPSA) is 41.1 Å². The standard InChI is InChI=1S/C12H14F2N2O/c13-8-3-4-11(14)10(6-8)12(17)16-7-9-2-1-5-15-9/h3-4,6,9,15H,1-2,5,7H2,(H,16,17). The van der Waals surface area contributed by atoms with Crippen molar-refractivity contribution in [1.82, 2.24) is 10.6 Å². The van der Waals surface area contributed by atoms with E-state index in [1.165, 1.54) is 0 Å². The monoisotopic (exact) mass is 240 g/mol. The number of nitrogens with one attached hydrogen (secondary N) is 2. The molecule has 1 fully saturated rings. The summed E-state index contributed by atoms with van der Waals surface area (Å²) in [6, 6.07) is 3.09. The van der Waals surface area contributed by atoms with Crippen molar-refractivity contribution < 1.29 is 13.6 Å². The second-order valence-corrected chi connectivity index (χ2v) is 4.13. The van der Waals surface area contributed by atoms with E-state index in [9.17, 15) is 13.6 Å². The molecule has 0 aliphatic carbocycles. The van der Waals surface area contributed by atoms with Crippen LogP contribution in [0.25, 0.3) is 0 Å². The number of carbonyl (C=O) groups excluding carboxylic acids is 1. The molecule has 0 radical (unpaired) electrons. The summed E-state index contributed by atoms with van der Waals surface area (Å²) in [5, 5.41) is 5.81. The lowest BCUT2D eigenvalue weighted by Gasteiger charge is -2.11. The Bertz CT molecular complexity index is 417. The van der Waals surface area contributed by atoms with Crippen molar-refractivity contribution >= 4 is 5.91 Å². The molecule has 1 aliphatic rings. The van der Waals surface area contributed by atoms with Crippen LogP contribution < -0.4 is 10.6 Å².